The van der Waals surface area contributed by atoms with E-state index in [-0.39, 0.29) is 5.54 Å². The average molecular weight is 185 g/mol. The summed E-state index contributed by atoms with van der Waals surface area (Å²) in [4.78, 5) is 10.5. The van der Waals surface area contributed by atoms with Crippen molar-refractivity contribution in [3.8, 4) is 0 Å². The maximum atomic E-state index is 10.5. The summed E-state index contributed by atoms with van der Waals surface area (Å²) in [6.07, 6.45) is 5.18. The fraction of sp³-hybridized carbons (Fsp3) is 1.00. The highest BCUT2D eigenvalue weighted by atomic mass is 16.5. The first kappa shape index (κ1) is 10.6. The molecule has 1 aliphatic rings. The molecule has 0 aromatic heterocycles. The van der Waals surface area contributed by atoms with Crippen molar-refractivity contribution in [1.82, 2.24) is 0 Å². The molecule has 3 heteroatoms. The van der Waals surface area contributed by atoms with Crippen LogP contribution in [-0.2, 0) is 4.74 Å². The Morgan fingerprint density at radius 1 is 1.46 bits per heavy atom. The maximum absolute atomic E-state index is 10.5. The van der Waals surface area contributed by atoms with Crippen molar-refractivity contribution in [2.75, 3.05) is 6.61 Å². The highest BCUT2D eigenvalue weighted by molar-refractivity contribution is 4.88. The van der Waals surface area contributed by atoms with Crippen molar-refractivity contribution in [2.45, 2.75) is 57.6 Å². The minimum Gasteiger partial charge on any atom is -0.378 e. The SMILES string of the molecule is CCCO[C@H]1CC[C@@](C)(N=O)CC1. The second-order valence-electron chi connectivity index (χ2n) is 4.16. The highest BCUT2D eigenvalue weighted by Gasteiger charge is 2.32. The Morgan fingerprint density at radius 2 is 2.08 bits per heavy atom. The Balaban J connectivity index is 2.26. The zero-order valence-electron chi connectivity index (χ0n) is 8.58. The largest absolute Gasteiger partial charge is 0.378 e. The van der Waals surface area contributed by atoms with E-state index >= 15 is 0 Å². The van der Waals surface area contributed by atoms with E-state index in [4.69, 9.17) is 4.74 Å². The number of ether oxygens (including phenoxy) is 1. The summed E-state index contributed by atoms with van der Waals surface area (Å²) in [6, 6.07) is 0. The van der Waals surface area contributed by atoms with Gasteiger partial charge in [0.1, 0.15) is 5.54 Å². The van der Waals surface area contributed by atoms with Gasteiger partial charge in [-0.2, -0.15) is 4.91 Å². The Morgan fingerprint density at radius 3 is 2.54 bits per heavy atom. The van der Waals surface area contributed by atoms with Crippen LogP contribution in [0.3, 0.4) is 0 Å². The van der Waals surface area contributed by atoms with Gasteiger partial charge in [-0.15, -0.1) is 0 Å². The van der Waals surface area contributed by atoms with Crippen LogP contribution >= 0.6 is 0 Å². The van der Waals surface area contributed by atoms with Crippen LogP contribution in [-0.4, -0.2) is 18.2 Å². The van der Waals surface area contributed by atoms with E-state index < -0.39 is 0 Å². The molecule has 0 heterocycles. The Labute approximate surface area is 79.8 Å². The van der Waals surface area contributed by atoms with Crippen LogP contribution in [0.1, 0.15) is 46.0 Å². The lowest BCUT2D eigenvalue weighted by Crippen LogP contribution is -2.32. The quantitative estimate of drug-likeness (QED) is 0.632. The summed E-state index contributed by atoms with van der Waals surface area (Å²) in [6.45, 7) is 4.89. The van der Waals surface area contributed by atoms with Gasteiger partial charge in [0.15, 0.2) is 0 Å². The summed E-state index contributed by atoms with van der Waals surface area (Å²) in [7, 11) is 0. The van der Waals surface area contributed by atoms with Gasteiger partial charge in [-0.05, 0) is 39.0 Å². The molecular formula is C10H19NO2. The van der Waals surface area contributed by atoms with Gasteiger partial charge in [0.2, 0.25) is 0 Å². The van der Waals surface area contributed by atoms with Crippen LogP contribution in [0.25, 0.3) is 0 Å². The van der Waals surface area contributed by atoms with Gasteiger partial charge in [0, 0.05) is 6.61 Å². The second kappa shape index (κ2) is 4.70. The molecular weight excluding hydrogens is 166 g/mol. The summed E-state index contributed by atoms with van der Waals surface area (Å²) >= 11 is 0. The minimum absolute atomic E-state index is 0.313. The molecule has 1 rings (SSSR count). The minimum atomic E-state index is -0.313. The third-order valence-corrected chi connectivity index (χ3v) is 2.79. The average Bonchev–Trinajstić information content (AvgIpc) is 2.17. The zero-order valence-corrected chi connectivity index (χ0v) is 8.58. The molecule has 0 unspecified atom stereocenters. The van der Waals surface area contributed by atoms with Gasteiger partial charge in [-0.3, -0.25) is 0 Å². The summed E-state index contributed by atoms with van der Waals surface area (Å²) in [5, 5.41) is 3.19. The molecule has 1 fully saturated rings. The Hall–Kier alpha value is -0.440. The summed E-state index contributed by atoms with van der Waals surface area (Å²) < 4.78 is 5.63. The lowest BCUT2D eigenvalue weighted by molar-refractivity contribution is 0.0160. The van der Waals surface area contributed by atoms with Crippen LogP contribution in [0.15, 0.2) is 5.18 Å². The third kappa shape index (κ3) is 3.07. The first-order chi connectivity index (χ1) is 6.20. The standard InChI is InChI=1S/C10H19NO2/c1-3-8-13-9-4-6-10(2,11-12)7-5-9/h9H,3-8H2,1-2H3/t9-,10+. The molecule has 0 N–H and O–H groups in total. The van der Waals surface area contributed by atoms with Crippen LogP contribution in [0.5, 0.6) is 0 Å². The van der Waals surface area contributed by atoms with Gasteiger partial charge in [0.25, 0.3) is 0 Å². The molecule has 1 saturated carbocycles. The second-order valence-corrected chi connectivity index (χ2v) is 4.16. The van der Waals surface area contributed by atoms with Crippen molar-refractivity contribution in [3.63, 3.8) is 0 Å². The van der Waals surface area contributed by atoms with Gasteiger partial charge in [0.05, 0.1) is 6.10 Å². The molecule has 0 aliphatic heterocycles. The lowest BCUT2D eigenvalue weighted by Gasteiger charge is -2.31. The van der Waals surface area contributed by atoms with E-state index in [1.165, 1.54) is 0 Å². The molecule has 0 saturated heterocycles. The number of hydrogen-bond acceptors (Lipinski definition) is 3. The summed E-state index contributed by atoms with van der Waals surface area (Å²) in [5.41, 5.74) is -0.313. The first-order valence-electron chi connectivity index (χ1n) is 5.16. The van der Waals surface area contributed by atoms with Crippen molar-refractivity contribution in [2.24, 2.45) is 5.18 Å². The molecule has 0 bridgehead atoms. The van der Waals surface area contributed by atoms with Gasteiger partial charge in [-0.1, -0.05) is 12.1 Å². The predicted octanol–water partition coefficient (Wildman–Crippen LogP) is 2.88. The van der Waals surface area contributed by atoms with E-state index in [1.807, 2.05) is 6.92 Å². The fourth-order valence-corrected chi connectivity index (χ4v) is 1.76. The van der Waals surface area contributed by atoms with E-state index in [2.05, 4.69) is 12.1 Å². The van der Waals surface area contributed by atoms with Crippen molar-refractivity contribution in [3.05, 3.63) is 4.91 Å². The van der Waals surface area contributed by atoms with Crippen molar-refractivity contribution < 1.29 is 4.74 Å². The first-order valence-corrected chi connectivity index (χ1v) is 5.16. The number of nitrogens with zero attached hydrogens (tertiary/aromatic N) is 1. The monoisotopic (exact) mass is 185 g/mol. The number of hydrogen-bond donors (Lipinski definition) is 0. The molecule has 0 amide bonds. The normalized spacial score (nSPS) is 34.5. The molecule has 0 aromatic rings. The molecule has 3 nitrogen and oxygen atoms in total. The Bertz CT molecular complexity index is 162. The molecule has 0 spiro atoms. The lowest BCUT2D eigenvalue weighted by atomic mass is 9.83. The molecule has 0 atom stereocenters. The fourth-order valence-electron chi connectivity index (χ4n) is 1.76. The van der Waals surface area contributed by atoms with E-state index in [0.29, 0.717) is 6.10 Å². The number of rotatable bonds is 4. The van der Waals surface area contributed by atoms with E-state index in [0.717, 1.165) is 38.7 Å². The van der Waals surface area contributed by atoms with Crippen LogP contribution in [0.4, 0.5) is 0 Å². The predicted molar refractivity (Wildman–Crippen MR) is 52.7 cm³/mol. The maximum Gasteiger partial charge on any atom is 0.100 e. The molecule has 0 aromatic carbocycles. The zero-order chi connectivity index (χ0) is 9.73. The Kier molecular flexibility index (Phi) is 3.85. The summed E-state index contributed by atoms with van der Waals surface area (Å²) in [5.74, 6) is 0. The number of nitroso groups, excluding NO2 is 1. The highest BCUT2D eigenvalue weighted by Crippen LogP contribution is 2.32. The molecule has 13 heavy (non-hydrogen) atoms. The van der Waals surface area contributed by atoms with Crippen molar-refractivity contribution >= 4 is 0 Å². The van der Waals surface area contributed by atoms with Crippen LogP contribution < -0.4 is 0 Å². The smallest absolute Gasteiger partial charge is 0.100 e. The van der Waals surface area contributed by atoms with Crippen LogP contribution in [0, 0.1) is 4.91 Å². The van der Waals surface area contributed by atoms with Gasteiger partial charge in [-0.25, -0.2) is 0 Å². The van der Waals surface area contributed by atoms with Gasteiger partial charge < -0.3 is 4.74 Å². The molecule has 0 radical (unpaired) electrons. The van der Waals surface area contributed by atoms with E-state index in [1.54, 1.807) is 0 Å². The van der Waals surface area contributed by atoms with Crippen molar-refractivity contribution in [1.29, 1.82) is 0 Å². The van der Waals surface area contributed by atoms with E-state index in [9.17, 15) is 4.91 Å². The third-order valence-electron chi connectivity index (χ3n) is 2.79. The van der Waals surface area contributed by atoms with Gasteiger partial charge >= 0.3 is 0 Å². The topological polar surface area (TPSA) is 38.7 Å². The van der Waals surface area contributed by atoms with Crippen LogP contribution in [0.2, 0.25) is 0 Å². The molecule has 1 aliphatic carbocycles. The molecule has 76 valence electrons.